The Kier molecular flexibility index (Phi) is 6.44. The van der Waals surface area contributed by atoms with Gasteiger partial charge < -0.3 is 19.3 Å². The highest BCUT2D eigenvalue weighted by molar-refractivity contribution is 5.94. The van der Waals surface area contributed by atoms with Crippen molar-refractivity contribution < 1.29 is 18.8 Å². The van der Waals surface area contributed by atoms with Crippen LogP contribution in [0.25, 0.3) is 0 Å². The fourth-order valence-electron chi connectivity index (χ4n) is 2.14. The van der Waals surface area contributed by atoms with Gasteiger partial charge in [0.15, 0.2) is 17.3 Å². The number of rotatable bonds is 8. The van der Waals surface area contributed by atoms with E-state index in [1.54, 1.807) is 25.3 Å². The summed E-state index contributed by atoms with van der Waals surface area (Å²) >= 11 is 0. The van der Waals surface area contributed by atoms with Gasteiger partial charge in [-0.05, 0) is 30.0 Å². The molecule has 1 aromatic carbocycles. The van der Waals surface area contributed by atoms with Crippen LogP contribution in [-0.4, -0.2) is 24.8 Å². The smallest absolute Gasteiger partial charge is 0.251 e. The van der Waals surface area contributed by atoms with Gasteiger partial charge in [0.2, 0.25) is 0 Å². The summed E-state index contributed by atoms with van der Waals surface area (Å²) in [5, 5.41) is 6.81. The lowest BCUT2D eigenvalue weighted by Gasteiger charge is -2.13. The number of nitrogens with zero attached hydrogens (tertiary/aromatic N) is 1. The van der Waals surface area contributed by atoms with Crippen LogP contribution in [0, 0.1) is 5.92 Å². The topological polar surface area (TPSA) is 73.6 Å². The molecule has 1 amide bonds. The Morgan fingerprint density at radius 2 is 1.96 bits per heavy atom. The number of benzene rings is 1. The van der Waals surface area contributed by atoms with Crippen molar-refractivity contribution in [3.63, 3.8) is 0 Å². The van der Waals surface area contributed by atoms with Gasteiger partial charge in [-0.2, -0.15) is 0 Å². The monoisotopic (exact) mass is 346 g/mol. The van der Waals surface area contributed by atoms with Crippen molar-refractivity contribution in [2.45, 2.75) is 40.2 Å². The van der Waals surface area contributed by atoms with Crippen LogP contribution in [0.15, 0.2) is 28.8 Å². The van der Waals surface area contributed by atoms with E-state index in [1.807, 2.05) is 19.9 Å². The molecule has 0 aliphatic rings. The predicted octanol–water partition coefficient (Wildman–Crippen LogP) is 3.77. The van der Waals surface area contributed by atoms with Gasteiger partial charge in [0.25, 0.3) is 5.91 Å². The number of aromatic nitrogens is 1. The van der Waals surface area contributed by atoms with E-state index >= 15 is 0 Å². The summed E-state index contributed by atoms with van der Waals surface area (Å²) < 4.78 is 16.3. The second-order valence-electron chi connectivity index (χ2n) is 6.63. The highest BCUT2D eigenvalue weighted by Crippen LogP contribution is 2.28. The minimum Gasteiger partial charge on any atom is -0.493 e. The summed E-state index contributed by atoms with van der Waals surface area (Å²) in [5.41, 5.74) is 1.38. The van der Waals surface area contributed by atoms with E-state index in [1.165, 1.54) is 0 Å². The normalized spacial score (nSPS) is 11.0. The number of hydrogen-bond donors (Lipinski definition) is 1. The molecule has 0 unspecified atom stereocenters. The number of amides is 1. The van der Waals surface area contributed by atoms with Crippen LogP contribution < -0.4 is 14.8 Å². The van der Waals surface area contributed by atoms with Gasteiger partial charge in [0.1, 0.15) is 0 Å². The van der Waals surface area contributed by atoms with Gasteiger partial charge in [0, 0.05) is 11.6 Å². The standard InChI is InChI=1S/C19H26N2O4/c1-12(2)11-24-18-8-14(6-7-17(18)23-5)19(22)20-10-15-9-16(13(3)4)21-25-15/h6-9,12-13H,10-11H2,1-5H3,(H,20,22). The highest BCUT2D eigenvalue weighted by atomic mass is 16.5. The molecule has 1 heterocycles. The maximum atomic E-state index is 12.4. The molecule has 0 bridgehead atoms. The predicted molar refractivity (Wildman–Crippen MR) is 95.1 cm³/mol. The number of methoxy groups -OCH3 is 1. The summed E-state index contributed by atoms with van der Waals surface area (Å²) in [6.45, 7) is 9.04. The zero-order valence-electron chi connectivity index (χ0n) is 15.5. The van der Waals surface area contributed by atoms with E-state index in [9.17, 15) is 4.79 Å². The average Bonchev–Trinajstić information content (AvgIpc) is 3.06. The molecule has 6 heteroatoms. The molecule has 0 spiro atoms. The fourth-order valence-corrected chi connectivity index (χ4v) is 2.14. The van der Waals surface area contributed by atoms with Gasteiger partial charge in [-0.3, -0.25) is 4.79 Å². The van der Waals surface area contributed by atoms with Gasteiger partial charge >= 0.3 is 0 Å². The number of carbonyl (C=O) groups excluding carboxylic acids is 1. The van der Waals surface area contributed by atoms with E-state index in [4.69, 9.17) is 14.0 Å². The van der Waals surface area contributed by atoms with Crippen molar-refractivity contribution in [3.05, 3.63) is 41.3 Å². The molecular weight excluding hydrogens is 320 g/mol. The highest BCUT2D eigenvalue weighted by Gasteiger charge is 2.13. The van der Waals surface area contributed by atoms with Crippen molar-refractivity contribution >= 4 is 5.91 Å². The van der Waals surface area contributed by atoms with Crippen molar-refractivity contribution in [2.75, 3.05) is 13.7 Å². The van der Waals surface area contributed by atoms with Crippen molar-refractivity contribution in [1.29, 1.82) is 0 Å². The Morgan fingerprint density at radius 1 is 1.20 bits per heavy atom. The molecule has 0 fully saturated rings. The lowest BCUT2D eigenvalue weighted by Crippen LogP contribution is -2.22. The van der Waals surface area contributed by atoms with Crippen LogP contribution >= 0.6 is 0 Å². The minimum atomic E-state index is -0.209. The van der Waals surface area contributed by atoms with Crippen molar-refractivity contribution in [1.82, 2.24) is 10.5 Å². The second-order valence-corrected chi connectivity index (χ2v) is 6.63. The van der Waals surface area contributed by atoms with Gasteiger partial charge in [0.05, 0.1) is 26.0 Å². The molecule has 0 atom stereocenters. The number of nitrogens with one attached hydrogen (secondary N) is 1. The van der Waals surface area contributed by atoms with Crippen molar-refractivity contribution in [2.24, 2.45) is 5.92 Å². The van der Waals surface area contributed by atoms with Gasteiger partial charge in [-0.25, -0.2) is 0 Å². The summed E-state index contributed by atoms with van der Waals surface area (Å²) in [4.78, 5) is 12.4. The van der Waals surface area contributed by atoms with E-state index in [0.29, 0.717) is 35.3 Å². The summed E-state index contributed by atoms with van der Waals surface area (Å²) in [6.07, 6.45) is 0. The Balaban J connectivity index is 2.03. The van der Waals surface area contributed by atoms with Crippen LogP contribution in [0.2, 0.25) is 0 Å². The van der Waals surface area contributed by atoms with E-state index in [-0.39, 0.29) is 18.4 Å². The average molecular weight is 346 g/mol. The molecule has 6 nitrogen and oxygen atoms in total. The first-order chi connectivity index (χ1) is 11.9. The zero-order valence-corrected chi connectivity index (χ0v) is 15.5. The maximum absolute atomic E-state index is 12.4. The number of carbonyl (C=O) groups is 1. The van der Waals surface area contributed by atoms with Gasteiger partial charge in [-0.1, -0.05) is 32.9 Å². The van der Waals surface area contributed by atoms with Crippen LogP contribution in [-0.2, 0) is 6.54 Å². The molecule has 25 heavy (non-hydrogen) atoms. The Morgan fingerprint density at radius 3 is 2.56 bits per heavy atom. The fraction of sp³-hybridized carbons (Fsp3) is 0.474. The molecule has 0 aliphatic carbocycles. The molecule has 2 rings (SSSR count). The van der Waals surface area contributed by atoms with Crippen LogP contribution in [0.3, 0.4) is 0 Å². The molecule has 2 aromatic rings. The lowest BCUT2D eigenvalue weighted by molar-refractivity contribution is 0.0946. The van der Waals surface area contributed by atoms with E-state index < -0.39 is 0 Å². The minimum absolute atomic E-state index is 0.209. The van der Waals surface area contributed by atoms with Crippen LogP contribution in [0.4, 0.5) is 0 Å². The van der Waals surface area contributed by atoms with Gasteiger partial charge in [-0.15, -0.1) is 0 Å². The Labute approximate surface area is 148 Å². The molecule has 0 aliphatic heterocycles. The molecule has 0 radical (unpaired) electrons. The third-order valence-electron chi connectivity index (χ3n) is 3.59. The number of hydrogen-bond acceptors (Lipinski definition) is 5. The second kappa shape index (κ2) is 8.55. The molecule has 0 saturated heterocycles. The van der Waals surface area contributed by atoms with Crippen LogP contribution in [0.1, 0.15) is 55.4 Å². The quantitative estimate of drug-likeness (QED) is 0.787. The lowest BCUT2D eigenvalue weighted by atomic mass is 10.1. The largest absolute Gasteiger partial charge is 0.493 e. The third-order valence-corrected chi connectivity index (χ3v) is 3.59. The summed E-state index contributed by atoms with van der Waals surface area (Å²) in [6, 6.07) is 6.98. The zero-order chi connectivity index (χ0) is 18.4. The molecule has 1 aromatic heterocycles. The number of ether oxygens (including phenoxy) is 2. The Hall–Kier alpha value is -2.50. The first-order valence-corrected chi connectivity index (χ1v) is 8.45. The van der Waals surface area contributed by atoms with E-state index in [0.717, 1.165) is 5.69 Å². The Bertz CT molecular complexity index is 707. The molecule has 0 saturated carbocycles. The van der Waals surface area contributed by atoms with Crippen molar-refractivity contribution in [3.8, 4) is 11.5 Å². The van der Waals surface area contributed by atoms with E-state index in [2.05, 4.69) is 24.3 Å². The van der Waals surface area contributed by atoms with Crippen LogP contribution in [0.5, 0.6) is 11.5 Å². The summed E-state index contributed by atoms with van der Waals surface area (Å²) in [5.74, 6) is 2.25. The molecule has 136 valence electrons. The first-order valence-electron chi connectivity index (χ1n) is 8.45. The molecule has 1 N–H and O–H groups in total. The first kappa shape index (κ1) is 18.8. The molecular formula is C19H26N2O4. The summed E-state index contributed by atoms with van der Waals surface area (Å²) in [7, 11) is 1.58. The SMILES string of the molecule is COc1ccc(C(=O)NCc2cc(C(C)C)no2)cc1OCC(C)C. The third kappa shape index (κ3) is 5.24. The maximum Gasteiger partial charge on any atom is 0.251 e.